The van der Waals surface area contributed by atoms with Gasteiger partial charge in [-0.25, -0.2) is 4.99 Å². The van der Waals surface area contributed by atoms with Crippen LogP contribution in [0.2, 0.25) is 0 Å². The summed E-state index contributed by atoms with van der Waals surface area (Å²) in [4.78, 5) is 4.81. The van der Waals surface area contributed by atoms with Gasteiger partial charge >= 0.3 is 18.1 Å². The highest BCUT2D eigenvalue weighted by molar-refractivity contribution is 5.75. The Morgan fingerprint density at radius 1 is 1.12 bits per heavy atom. The van der Waals surface area contributed by atoms with E-state index in [1.54, 1.807) is 0 Å². The molecule has 0 radical (unpaired) electrons. The van der Waals surface area contributed by atoms with Gasteiger partial charge in [0, 0.05) is 0 Å². The quantitative estimate of drug-likeness (QED) is 0.271. The van der Waals surface area contributed by atoms with Crippen molar-refractivity contribution in [2.24, 2.45) is 17.2 Å². The molecule has 0 aliphatic rings. The van der Waals surface area contributed by atoms with E-state index in [0.29, 0.717) is 0 Å². The molecule has 0 amide bonds. The smallest absolute Gasteiger partial charge is 0.275 e. The molecule has 1 aromatic rings. The first-order valence-electron chi connectivity index (χ1n) is 4.50. The first kappa shape index (κ1) is 12.8. The minimum Gasteiger partial charge on any atom is -0.275 e. The fourth-order valence-electron chi connectivity index (χ4n) is 1.12. The van der Waals surface area contributed by atoms with E-state index < -0.39 is 11.7 Å². The molecule has 0 aromatic heterocycles. The number of rotatable bonds is 1. The highest BCUT2D eigenvalue weighted by Gasteiger charge is 2.30. The second-order valence-corrected chi connectivity index (χ2v) is 3.20. The molecule has 0 fully saturated rings. The third-order valence-corrected chi connectivity index (χ3v) is 1.75. The van der Waals surface area contributed by atoms with Crippen molar-refractivity contribution >= 4 is 17.6 Å². The summed E-state index contributed by atoms with van der Waals surface area (Å²) in [6, 6.07) is 4.56. The second-order valence-electron chi connectivity index (χ2n) is 3.20. The Kier molecular flexibility index (Phi) is 3.56. The average Bonchev–Trinajstić information content (AvgIpc) is 2.15. The van der Waals surface area contributed by atoms with Crippen LogP contribution in [0.25, 0.3) is 0 Å². The lowest BCUT2D eigenvalue weighted by Crippen LogP contribution is -2.96. The Labute approximate surface area is 94.8 Å². The van der Waals surface area contributed by atoms with Gasteiger partial charge in [0.25, 0.3) is 0 Å². The predicted molar refractivity (Wildman–Crippen MR) is 55.6 cm³/mol. The minimum atomic E-state index is -4.40. The SMILES string of the molecule is NC(N)=[NH+]C(N)=[NH+]c1cccc(C(F)(F)F)c1. The number of benzene rings is 1. The molecule has 0 unspecified atom stereocenters. The number of nitrogens with two attached hydrogens (primary N) is 3. The van der Waals surface area contributed by atoms with Crippen molar-refractivity contribution in [2.45, 2.75) is 6.18 Å². The van der Waals surface area contributed by atoms with Crippen molar-refractivity contribution in [3.8, 4) is 0 Å². The van der Waals surface area contributed by atoms with Gasteiger partial charge in [0.1, 0.15) is 5.69 Å². The molecular weight excluding hydrogens is 235 g/mol. The zero-order chi connectivity index (χ0) is 13.1. The van der Waals surface area contributed by atoms with Crippen molar-refractivity contribution in [3.05, 3.63) is 29.8 Å². The zero-order valence-electron chi connectivity index (χ0n) is 8.68. The highest BCUT2D eigenvalue weighted by atomic mass is 19.4. The molecule has 0 saturated carbocycles. The summed E-state index contributed by atoms with van der Waals surface area (Å²) in [7, 11) is 0. The standard InChI is InChI=1S/C9H10F3N5/c10-9(11,12)5-2-1-3-6(4-5)16-8(15)17-7(13)14/h1-4H,(H6,13,14,15,16,17)/p+2. The van der Waals surface area contributed by atoms with E-state index in [-0.39, 0.29) is 17.6 Å². The number of nitrogens with one attached hydrogen (secondary N) is 2. The first-order valence-corrected chi connectivity index (χ1v) is 4.50. The third kappa shape index (κ3) is 4.01. The predicted octanol–water partition coefficient (Wildman–Crippen LogP) is -2.91. The average molecular weight is 247 g/mol. The van der Waals surface area contributed by atoms with Gasteiger partial charge in [0.2, 0.25) is 0 Å². The van der Waals surface area contributed by atoms with E-state index in [1.807, 2.05) is 0 Å². The van der Waals surface area contributed by atoms with Gasteiger partial charge in [-0.15, -0.1) is 0 Å². The molecule has 0 saturated heterocycles. The van der Waals surface area contributed by atoms with Gasteiger partial charge in [-0.1, -0.05) is 6.07 Å². The normalized spacial score (nSPS) is 12.3. The van der Waals surface area contributed by atoms with Gasteiger partial charge in [0.15, 0.2) is 0 Å². The van der Waals surface area contributed by atoms with Crippen molar-refractivity contribution < 1.29 is 23.2 Å². The molecule has 0 aliphatic carbocycles. The maximum absolute atomic E-state index is 12.4. The maximum atomic E-state index is 12.4. The van der Waals surface area contributed by atoms with Crippen LogP contribution in [-0.2, 0) is 6.18 Å². The Morgan fingerprint density at radius 2 is 1.76 bits per heavy atom. The fourth-order valence-corrected chi connectivity index (χ4v) is 1.12. The van der Waals surface area contributed by atoms with Gasteiger partial charge in [-0.2, -0.15) is 18.2 Å². The summed E-state index contributed by atoms with van der Waals surface area (Å²) in [5, 5.41) is 0. The molecule has 92 valence electrons. The van der Waals surface area contributed by atoms with E-state index in [9.17, 15) is 13.2 Å². The van der Waals surface area contributed by atoms with E-state index in [4.69, 9.17) is 17.2 Å². The van der Waals surface area contributed by atoms with E-state index in [0.717, 1.165) is 12.1 Å². The molecule has 1 aromatic carbocycles. The molecule has 8 heteroatoms. The molecule has 0 bridgehead atoms. The van der Waals surface area contributed by atoms with Gasteiger partial charge in [-0.3, -0.25) is 17.2 Å². The van der Waals surface area contributed by atoms with Crippen LogP contribution < -0.4 is 27.2 Å². The van der Waals surface area contributed by atoms with Crippen LogP contribution in [0.15, 0.2) is 24.3 Å². The van der Waals surface area contributed by atoms with Crippen LogP contribution in [0.5, 0.6) is 0 Å². The van der Waals surface area contributed by atoms with Crippen molar-refractivity contribution in [2.75, 3.05) is 0 Å². The number of guanidine groups is 2. The molecule has 0 aliphatic heterocycles. The van der Waals surface area contributed by atoms with Crippen LogP contribution in [0.3, 0.4) is 0 Å². The van der Waals surface area contributed by atoms with Crippen LogP contribution in [0.1, 0.15) is 5.56 Å². The first-order chi connectivity index (χ1) is 7.79. The number of alkyl halides is 3. The Morgan fingerprint density at radius 3 is 2.29 bits per heavy atom. The van der Waals surface area contributed by atoms with Gasteiger partial charge in [-0.05, 0) is 18.2 Å². The number of hydrogen-bond acceptors (Lipinski definition) is 0. The van der Waals surface area contributed by atoms with E-state index in [2.05, 4.69) is 9.98 Å². The lowest BCUT2D eigenvalue weighted by atomic mass is 10.2. The lowest BCUT2D eigenvalue weighted by Gasteiger charge is -2.05. The molecular formula is C9H12F3N5+2. The zero-order valence-corrected chi connectivity index (χ0v) is 8.68. The molecule has 0 atom stereocenters. The Balaban J connectivity index is 3.05. The van der Waals surface area contributed by atoms with Crippen LogP contribution in [-0.4, -0.2) is 11.9 Å². The Bertz CT molecular complexity index is 460. The summed E-state index contributed by atoms with van der Waals surface area (Å²) >= 11 is 0. The highest BCUT2D eigenvalue weighted by Crippen LogP contribution is 2.29. The van der Waals surface area contributed by atoms with Crippen LogP contribution in [0.4, 0.5) is 18.9 Å². The monoisotopic (exact) mass is 247 g/mol. The molecule has 1 rings (SSSR count). The lowest BCUT2D eigenvalue weighted by molar-refractivity contribution is -0.459. The minimum absolute atomic E-state index is 0.0654. The van der Waals surface area contributed by atoms with Crippen molar-refractivity contribution in [1.29, 1.82) is 0 Å². The Hall–Kier alpha value is -2.25. The maximum Gasteiger partial charge on any atom is 0.416 e. The molecule has 0 spiro atoms. The van der Waals surface area contributed by atoms with Crippen molar-refractivity contribution in [1.82, 2.24) is 0 Å². The molecule has 17 heavy (non-hydrogen) atoms. The molecule has 0 heterocycles. The summed E-state index contributed by atoms with van der Waals surface area (Å²) in [5.74, 6) is -0.230. The number of hydrogen-bond donors (Lipinski definition) is 5. The third-order valence-electron chi connectivity index (χ3n) is 1.75. The van der Waals surface area contributed by atoms with E-state index in [1.165, 1.54) is 12.1 Å². The van der Waals surface area contributed by atoms with E-state index >= 15 is 0 Å². The van der Waals surface area contributed by atoms with Crippen molar-refractivity contribution in [3.63, 3.8) is 0 Å². The van der Waals surface area contributed by atoms with Gasteiger partial charge in [0.05, 0.1) is 5.56 Å². The fraction of sp³-hybridized carbons (Fsp3) is 0.111. The second kappa shape index (κ2) is 4.73. The topological polar surface area (TPSA) is 106 Å². The van der Waals surface area contributed by atoms with Crippen LogP contribution in [0, 0.1) is 0 Å². The molecule has 5 nitrogen and oxygen atoms in total. The summed E-state index contributed by atoms with van der Waals surface area (Å²) in [5.41, 5.74) is 15.0. The number of halogens is 3. The van der Waals surface area contributed by atoms with Crippen LogP contribution >= 0.6 is 0 Å². The largest absolute Gasteiger partial charge is 0.416 e. The van der Waals surface area contributed by atoms with Gasteiger partial charge < -0.3 is 0 Å². The summed E-state index contributed by atoms with van der Waals surface area (Å²) in [6.45, 7) is 0. The molecule has 8 N–H and O–H groups in total. The summed E-state index contributed by atoms with van der Waals surface area (Å²) < 4.78 is 37.2. The summed E-state index contributed by atoms with van der Waals surface area (Å²) in [6.07, 6.45) is -4.40.